The van der Waals surface area contributed by atoms with E-state index in [9.17, 15) is 4.79 Å². The van der Waals surface area contributed by atoms with Crippen LogP contribution in [-0.2, 0) is 22.6 Å². The summed E-state index contributed by atoms with van der Waals surface area (Å²) in [4.78, 5) is 17.1. The number of hydrogen-bond acceptors (Lipinski definition) is 3. The van der Waals surface area contributed by atoms with Gasteiger partial charge in [-0.25, -0.2) is 4.79 Å². The van der Waals surface area contributed by atoms with E-state index in [2.05, 4.69) is 0 Å². The second-order valence-electron chi connectivity index (χ2n) is 7.73. The Morgan fingerprint density at radius 3 is 1.63 bits per heavy atom. The Labute approximate surface area is 160 Å². The number of benzene rings is 2. The number of fused-ring (bicyclic) bond motifs is 1. The van der Waals surface area contributed by atoms with E-state index in [0.717, 1.165) is 11.1 Å². The van der Waals surface area contributed by atoms with Crippen molar-refractivity contribution in [3.63, 3.8) is 0 Å². The molecule has 0 unspecified atom stereocenters. The lowest BCUT2D eigenvalue weighted by Gasteiger charge is -2.29. The Bertz CT molecular complexity index is 715. The van der Waals surface area contributed by atoms with E-state index in [1.165, 1.54) is 0 Å². The van der Waals surface area contributed by atoms with E-state index in [-0.39, 0.29) is 18.2 Å². The fourth-order valence-electron chi connectivity index (χ4n) is 3.88. The molecule has 2 heterocycles. The molecule has 2 saturated heterocycles. The number of ether oxygens (including phenoxy) is 2. The van der Waals surface area contributed by atoms with Gasteiger partial charge in [-0.2, -0.15) is 0 Å². The molecule has 2 amide bonds. The fraction of sp³-hybridized carbons (Fsp3) is 0.409. The molecule has 2 atom stereocenters. The maximum atomic E-state index is 13.3. The second kappa shape index (κ2) is 7.33. The molecule has 5 heteroatoms. The van der Waals surface area contributed by atoms with Crippen LogP contribution < -0.4 is 0 Å². The standard InChI is InChI=1S/C22H26N2O3/c1-22(2)26-19-15-23(13-17-9-5-3-6-10-17)21(25)24(16-20(19)27-22)14-18-11-7-4-8-12-18/h3-12,19-20H,13-16H2,1-2H3/t19-,20-/m0/s1. The molecule has 142 valence electrons. The Balaban J connectivity index is 1.59. The SMILES string of the molecule is CC1(C)O[C@H]2CN(Cc3ccccc3)C(=O)N(Cc3ccccc3)C[C@@H]2O1. The maximum Gasteiger partial charge on any atom is 0.320 e. The Morgan fingerprint density at radius 2 is 1.22 bits per heavy atom. The lowest BCUT2D eigenvalue weighted by molar-refractivity contribution is -0.149. The van der Waals surface area contributed by atoms with Crippen LogP contribution >= 0.6 is 0 Å². The monoisotopic (exact) mass is 366 g/mol. The fourth-order valence-corrected chi connectivity index (χ4v) is 3.88. The van der Waals surface area contributed by atoms with Crippen LogP contribution in [0.25, 0.3) is 0 Å². The van der Waals surface area contributed by atoms with E-state index < -0.39 is 5.79 Å². The van der Waals surface area contributed by atoms with Gasteiger partial charge in [0.15, 0.2) is 5.79 Å². The van der Waals surface area contributed by atoms with Gasteiger partial charge in [-0.3, -0.25) is 0 Å². The molecule has 0 aromatic heterocycles. The van der Waals surface area contributed by atoms with Gasteiger partial charge in [0.1, 0.15) is 12.2 Å². The van der Waals surface area contributed by atoms with Gasteiger partial charge >= 0.3 is 6.03 Å². The number of carbonyl (C=O) groups excluding carboxylic acids is 1. The van der Waals surface area contributed by atoms with Gasteiger partial charge in [-0.1, -0.05) is 60.7 Å². The first-order valence-corrected chi connectivity index (χ1v) is 9.47. The van der Waals surface area contributed by atoms with Gasteiger partial charge in [0.05, 0.1) is 13.1 Å². The highest BCUT2D eigenvalue weighted by Gasteiger charge is 2.46. The number of rotatable bonds is 4. The zero-order valence-corrected chi connectivity index (χ0v) is 15.9. The largest absolute Gasteiger partial charge is 0.343 e. The number of nitrogens with zero attached hydrogens (tertiary/aromatic N) is 2. The predicted octanol–water partition coefficient (Wildman–Crippen LogP) is 3.64. The molecule has 0 saturated carbocycles. The molecule has 4 rings (SSSR count). The van der Waals surface area contributed by atoms with E-state index in [1.807, 2.05) is 84.3 Å². The second-order valence-corrected chi connectivity index (χ2v) is 7.73. The van der Waals surface area contributed by atoms with Gasteiger partial charge < -0.3 is 19.3 Å². The van der Waals surface area contributed by atoms with Crippen molar-refractivity contribution in [3.8, 4) is 0 Å². The first kappa shape index (κ1) is 18.0. The molecule has 0 aliphatic carbocycles. The molecule has 27 heavy (non-hydrogen) atoms. The zero-order chi connectivity index (χ0) is 18.9. The van der Waals surface area contributed by atoms with E-state index >= 15 is 0 Å². The smallest absolute Gasteiger partial charge is 0.320 e. The highest BCUT2D eigenvalue weighted by Crippen LogP contribution is 2.32. The minimum Gasteiger partial charge on any atom is -0.343 e. The van der Waals surface area contributed by atoms with E-state index in [1.54, 1.807) is 0 Å². The summed E-state index contributed by atoms with van der Waals surface area (Å²) in [5.41, 5.74) is 2.23. The molecule has 0 N–H and O–H groups in total. The molecule has 2 aromatic carbocycles. The van der Waals surface area contributed by atoms with Crippen LogP contribution in [0.5, 0.6) is 0 Å². The topological polar surface area (TPSA) is 42.0 Å². The third-order valence-corrected chi connectivity index (χ3v) is 5.06. The molecule has 5 nitrogen and oxygen atoms in total. The van der Waals surface area contributed by atoms with Gasteiger partial charge in [-0.15, -0.1) is 0 Å². The minimum atomic E-state index is -0.618. The van der Waals surface area contributed by atoms with E-state index in [4.69, 9.17) is 9.47 Å². The Morgan fingerprint density at radius 1 is 0.815 bits per heavy atom. The summed E-state index contributed by atoms with van der Waals surface area (Å²) in [6, 6.07) is 20.2. The number of hydrogen-bond donors (Lipinski definition) is 0. The lowest BCUT2D eigenvalue weighted by Crippen LogP contribution is -2.43. The first-order valence-electron chi connectivity index (χ1n) is 9.47. The molecule has 2 aliphatic heterocycles. The van der Waals surface area contributed by atoms with E-state index in [0.29, 0.717) is 26.2 Å². The van der Waals surface area contributed by atoms with Crippen molar-refractivity contribution in [2.24, 2.45) is 0 Å². The van der Waals surface area contributed by atoms with Crippen molar-refractivity contribution >= 4 is 6.03 Å². The normalized spacial score (nSPS) is 24.6. The molecule has 2 aromatic rings. The van der Waals surface area contributed by atoms with Crippen molar-refractivity contribution in [2.45, 2.75) is 44.9 Å². The number of carbonyl (C=O) groups is 1. The van der Waals surface area contributed by atoms with Crippen molar-refractivity contribution in [1.29, 1.82) is 0 Å². The summed E-state index contributed by atoms with van der Waals surface area (Å²) < 4.78 is 12.2. The van der Waals surface area contributed by atoms with Gasteiger partial charge in [0, 0.05) is 13.1 Å². The summed E-state index contributed by atoms with van der Waals surface area (Å²) in [7, 11) is 0. The molecular weight excluding hydrogens is 340 g/mol. The van der Waals surface area contributed by atoms with Gasteiger partial charge in [0.25, 0.3) is 0 Å². The van der Waals surface area contributed by atoms with Gasteiger partial charge in [0.2, 0.25) is 0 Å². The highest BCUT2D eigenvalue weighted by molar-refractivity contribution is 5.75. The van der Waals surface area contributed by atoms with Crippen LogP contribution in [0.15, 0.2) is 60.7 Å². The summed E-state index contributed by atoms with van der Waals surface area (Å²) in [6.45, 7) is 6.08. The summed E-state index contributed by atoms with van der Waals surface area (Å²) in [5, 5.41) is 0. The van der Waals surface area contributed by atoms with Crippen molar-refractivity contribution in [3.05, 3.63) is 71.8 Å². The van der Waals surface area contributed by atoms with Crippen LogP contribution in [0.3, 0.4) is 0 Å². The average molecular weight is 366 g/mol. The van der Waals surface area contributed by atoms with Crippen molar-refractivity contribution in [2.75, 3.05) is 13.1 Å². The minimum absolute atomic E-state index is 0.0297. The van der Waals surface area contributed by atoms with Crippen LogP contribution in [0.1, 0.15) is 25.0 Å². The first-order chi connectivity index (χ1) is 13.0. The molecule has 2 aliphatic rings. The number of urea groups is 1. The van der Waals surface area contributed by atoms with Gasteiger partial charge in [-0.05, 0) is 25.0 Å². The lowest BCUT2D eigenvalue weighted by atomic mass is 10.1. The van der Waals surface area contributed by atoms with Crippen LogP contribution in [-0.4, -0.2) is 46.9 Å². The van der Waals surface area contributed by atoms with Crippen LogP contribution in [0.4, 0.5) is 4.79 Å². The van der Waals surface area contributed by atoms with Crippen LogP contribution in [0.2, 0.25) is 0 Å². The van der Waals surface area contributed by atoms with Crippen molar-refractivity contribution in [1.82, 2.24) is 9.80 Å². The molecule has 0 radical (unpaired) electrons. The maximum absolute atomic E-state index is 13.3. The average Bonchev–Trinajstić information content (AvgIpc) is 2.89. The summed E-state index contributed by atoms with van der Waals surface area (Å²) >= 11 is 0. The molecule has 2 fully saturated rings. The zero-order valence-electron chi connectivity index (χ0n) is 15.9. The Kier molecular flexibility index (Phi) is 4.89. The third-order valence-electron chi connectivity index (χ3n) is 5.06. The number of amides is 2. The highest BCUT2D eigenvalue weighted by atomic mass is 16.8. The predicted molar refractivity (Wildman–Crippen MR) is 103 cm³/mol. The Hall–Kier alpha value is -2.37. The summed E-state index contributed by atoms with van der Waals surface area (Å²) in [5.74, 6) is -0.618. The molecule has 0 bridgehead atoms. The molecular formula is C22H26N2O3. The van der Waals surface area contributed by atoms with Crippen LogP contribution in [0, 0.1) is 0 Å². The summed E-state index contributed by atoms with van der Waals surface area (Å²) in [6.07, 6.45) is -0.234. The third kappa shape index (κ3) is 4.15. The molecule has 0 spiro atoms. The van der Waals surface area contributed by atoms with Crippen molar-refractivity contribution < 1.29 is 14.3 Å². The quantitative estimate of drug-likeness (QED) is 0.830.